The van der Waals surface area contributed by atoms with E-state index in [9.17, 15) is 18.4 Å². The number of nitrogens with one attached hydrogen (secondary N) is 2. The highest BCUT2D eigenvalue weighted by Gasteiger charge is 2.14. The average Bonchev–Trinajstić information content (AvgIpc) is 2.65. The van der Waals surface area contributed by atoms with Crippen molar-refractivity contribution in [3.63, 3.8) is 0 Å². The van der Waals surface area contributed by atoms with Gasteiger partial charge in [0.15, 0.2) is 0 Å². The number of amides is 2. The Bertz CT molecular complexity index is 945. The molecule has 0 atom stereocenters. The van der Waals surface area contributed by atoms with Gasteiger partial charge in [0.25, 0.3) is 11.8 Å². The first-order valence-electron chi connectivity index (χ1n) is 7.62. The summed E-state index contributed by atoms with van der Waals surface area (Å²) in [6.45, 7) is 0. The third-order valence-electron chi connectivity index (χ3n) is 3.48. The summed E-state index contributed by atoms with van der Waals surface area (Å²) in [4.78, 5) is 28.4. The molecule has 2 amide bonds. The number of nitrogens with zero attached hydrogens (tertiary/aromatic N) is 1. The van der Waals surface area contributed by atoms with Crippen molar-refractivity contribution in [2.24, 2.45) is 0 Å². The number of carbonyl (C=O) groups excluding carboxylic acids is 2. The highest BCUT2D eigenvalue weighted by Crippen LogP contribution is 2.24. The van der Waals surface area contributed by atoms with E-state index in [-0.39, 0.29) is 22.6 Å². The number of anilines is 2. The number of carbonyl (C=O) groups is 2. The van der Waals surface area contributed by atoms with Gasteiger partial charge >= 0.3 is 0 Å². The Labute approximate surface area is 147 Å². The van der Waals surface area contributed by atoms with Crippen molar-refractivity contribution in [2.45, 2.75) is 0 Å². The van der Waals surface area contributed by atoms with Crippen LogP contribution in [-0.4, -0.2) is 16.8 Å². The van der Waals surface area contributed by atoms with Gasteiger partial charge in [-0.1, -0.05) is 6.07 Å². The van der Waals surface area contributed by atoms with Crippen LogP contribution in [0.2, 0.25) is 0 Å². The maximum Gasteiger partial charge on any atom is 0.274 e. The molecule has 0 aliphatic rings. The molecule has 0 bridgehead atoms. The van der Waals surface area contributed by atoms with Gasteiger partial charge in [-0.2, -0.15) is 0 Å². The Kier molecular flexibility index (Phi) is 4.98. The van der Waals surface area contributed by atoms with Crippen molar-refractivity contribution in [3.8, 4) is 0 Å². The summed E-state index contributed by atoms with van der Waals surface area (Å²) in [5.41, 5.74) is 0.645. The van der Waals surface area contributed by atoms with Crippen molar-refractivity contribution in [1.82, 2.24) is 4.98 Å². The largest absolute Gasteiger partial charge is 0.320 e. The van der Waals surface area contributed by atoms with E-state index >= 15 is 0 Å². The summed E-state index contributed by atoms with van der Waals surface area (Å²) >= 11 is 0. The van der Waals surface area contributed by atoms with Gasteiger partial charge in [-0.05, 0) is 54.6 Å². The fourth-order valence-electron chi connectivity index (χ4n) is 2.21. The first-order valence-corrected chi connectivity index (χ1v) is 7.62. The monoisotopic (exact) mass is 353 g/mol. The second-order valence-corrected chi connectivity index (χ2v) is 5.32. The number of benzene rings is 2. The number of hydrogen-bond acceptors (Lipinski definition) is 3. The van der Waals surface area contributed by atoms with Gasteiger partial charge in [0.2, 0.25) is 0 Å². The molecule has 1 heterocycles. The Balaban J connectivity index is 1.83. The van der Waals surface area contributed by atoms with E-state index in [1.165, 1.54) is 30.5 Å². The lowest BCUT2D eigenvalue weighted by Crippen LogP contribution is -2.17. The number of aromatic nitrogens is 1. The van der Waals surface area contributed by atoms with Crippen LogP contribution in [0.5, 0.6) is 0 Å². The number of rotatable bonds is 4. The van der Waals surface area contributed by atoms with Gasteiger partial charge in [0.1, 0.15) is 17.3 Å². The van der Waals surface area contributed by atoms with Crippen LogP contribution in [0.4, 0.5) is 20.2 Å². The van der Waals surface area contributed by atoms with Crippen LogP contribution >= 0.6 is 0 Å². The molecule has 0 unspecified atom stereocenters. The molecule has 0 aliphatic heterocycles. The fourth-order valence-corrected chi connectivity index (χ4v) is 2.21. The second-order valence-electron chi connectivity index (χ2n) is 5.32. The second kappa shape index (κ2) is 7.52. The van der Waals surface area contributed by atoms with Crippen molar-refractivity contribution < 1.29 is 18.4 Å². The summed E-state index contributed by atoms with van der Waals surface area (Å²) in [5.74, 6) is -2.13. The third-order valence-corrected chi connectivity index (χ3v) is 3.48. The molecule has 0 aliphatic carbocycles. The predicted molar refractivity (Wildman–Crippen MR) is 92.9 cm³/mol. The molecular weight excluding hydrogens is 340 g/mol. The molecule has 0 fully saturated rings. The Hall–Kier alpha value is -3.61. The summed E-state index contributed by atoms with van der Waals surface area (Å²) < 4.78 is 26.6. The van der Waals surface area contributed by atoms with E-state index in [0.717, 1.165) is 24.3 Å². The highest BCUT2D eigenvalue weighted by molar-refractivity contribution is 6.09. The molecule has 0 saturated carbocycles. The van der Waals surface area contributed by atoms with Gasteiger partial charge in [0.05, 0.1) is 11.4 Å². The van der Waals surface area contributed by atoms with Crippen LogP contribution in [0.1, 0.15) is 20.8 Å². The molecular formula is C19H13F2N3O2. The van der Waals surface area contributed by atoms with Gasteiger partial charge in [-0.15, -0.1) is 0 Å². The van der Waals surface area contributed by atoms with Crippen LogP contribution in [0.3, 0.4) is 0 Å². The van der Waals surface area contributed by atoms with E-state index in [0.29, 0.717) is 0 Å². The Morgan fingerprint density at radius 3 is 2.15 bits per heavy atom. The van der Waals surface area contributed by atoms with Gasteiger partial charge < -0.3 is 10.6 Å². The molecule has 26 heavy (non-hydrogen) atoms. The molecule has 3 rings (SSSR count). The summed E-state index contributed by atoms with van der Waals surface area (Å²) in [7, 11) is 0. The van der Waals surface area contributed by atoms with Crippen molar-refractivity contribution in [2.75, 3.05) is 10.6 Å². The molecule has 0 radical (unpaired) electrons. The molecule has 5 nitrogen and oxygen atoms in total. The minimum Gasteiger partial charge on any atom is -0.320 e. The minimum atomic E-state index is -0.588. The lowest BCUT2D eigenvalue weighted by Gasteiger charge is -2.12. The van der Waals surface area contributed by atoms with E-state index < -0.39 is 23.4 Å². The van der Waals surface area contributed by atoms with Crippen molar-refractivity contribution in [1.29, 1.82) is 0 Å². The van der Waals surface area contributed by atoms with Crippen LogP contribution < -0.4 is 10.6 Å². The Morgan fingerprint density at radius 1 is 0.769 bits per heavy atom. The normalized spacial score (nSPS) is 10.2. The zero-order chi connectivity index (χ0) is 18.5. The zero-order valence-corrected chi connectivity index (χ0v) is 13.4. The van der Waals surface area contributed by atoms with Gasteiger partial charge in [0, 0.05) is 11.8 Å². The molecule has 2 aromatic carbocycles. The van der Waals surface area contributed by atoms with Gasteiger partial charge in [-0.3, -0.25) is 14.6 Å². The van der Waals surface area contributed by atoms with Crippen LogP contribution in [0.25, 0.3) is 0 Å². The minimum absolute atomic E-state index is 0.0728. The number of halogens is 2. The molecule has 0 spiro atoms. The maximum absolute atomic E-state index is 13.6. The maximum atomic E-state index is 13.6. The quantitative estimate of drug-likeness (QED) is 0.748. The molecule has 3 aromatic rings. The smallest absolute Gasteiger partial charge is 0.274 e. The SMILES string of the molecule is O=C(Nc1cc(F)ccc1NC(=O)c1ccccn1)c1ccc(F)cc1. The van der Waals surface area contributed by atoms with E-state index in [2.05, 4.69) is 15.6 Å². The molecule has 130 valence electrons. The van der Waals surface area contributed by atoms with Gasteiger partial charge in [-0.25, -0.2) is 8.78 Å². The molecule has 1 aromatic heterocycles. The van der Waals surface area contributed by atoms with Crippen molar-refractivity contribution >= 4 is 23.2 Å². The zero-order valence-electron chi connectivity index (χ0n) is 13.4. The molecule has 2 N–H and O–H groups in total. The van der Waals surface area contributed by atoms with E-state index in [4.69, 9.17) is 0 Å². The average molecular weight is 353 g/mol. The predicted octanol–water partition coefficient (Wildman–Crippen LogP) is 3.86. The highest BCUT2D eigenvalue weighted by atomic mass is 19.1. The van der Waals surface area contributed by atoms with E-state index in [1.807, 2.05) is 0 Å². The summed E-state index contributed by atoms with van der Waals surface area (Å²) in [6.07, 6.45) is 1.47. The fraction of sp³-hybridized carbons (Fsp3) is 0. The van der Waals surface area contributed by atoms with Crippen LogP contribution in [-0.2, 0) is 0 Å². The third kappa shape index (κ3) is 4.07. The van der Waals surface area contributed by atoms with Crippen LogP contribution in [0, 0.1) is 11.6 Å². The lowest BCUT2D eigenvalue weighted by molar-refractivity contribution is 0.101. The topological polar surface area (TPSA) is 71.1 Å². The van der Waals surface area contributed by atoms with Crippen molar-refractivity contribution in [3.05, 3.63) is 89.8 Å². The van der Waals surface area contributed by atoms with E-state index in [1.54, 1.807) is 12.1 Å². The lowest BCUT2D eigenvalue weighted by atomic mass is 10.2. The first-order chi connectivity index (χ1) is 12.5. The summed E-state index contributed by atoms with van der Waals surface area (Å²) in [5, 5.41) is 5.08. The van der Waals surface area contributed by atoms with Crippen LogP contribution in [0.15, 0.2) is 66.9 Å². The standard InChI is InChI=1S/C19H13F2N3O2/c20-13-6-4-12(5-7-13)18(25)24-17-11-14(21)8-9-15(17)23-19(26)16-3-1-2-10-22-16/h1-11H,(H,23,26)(H,24,25). The number of pyridine rings is 1. The number of hydrogen-bond donors (Lipinski definition) is 2. The summed E-state index contributed by atoms with van der Waals surface area (Å²) in [6, 6.07) is 13.3. The first kappa shape index (κ1) is 17.2. The molecule has 7 heteroatoms. The Morgan fingerprint density at radius 2 is 1.46 bits per heavy atom. The molecule has 0 saturated heterocycles.